The van der Waals surface area contributed by atoms with Gasteiger partial charge in [0.15, 0.2) is 5.69 Å². The zero-order valence-corrected chi connectivity index (χ0v) is 17.9. The molecule has 0 spiro atoms. The zero-order valence-electron chi connectivity index (χ0n) is 17.9. The highest BCUT2D eigenvalue weighted by Gasteiger charge is 2.35. The van der Waals surface area contributed by atoms with Gasteiger partial charge in [0.2, 0.25) is 5.89 Å². The first kappa shape index (κ1) is 20.2. The number of pyridine rings is 1. The molecule has 0 aliphatic heterocycles. The van der Waals surface area contributed by atoms with Crippen LogP contribution < -0.4 is 0 Å². The van der Waals surface area contributed by atoms with Gasteiger partial charge in [-0.25, -0.2) is 4.98 Å². The molecule has 0 bridgehead atoms. The van der Waals surface area contributed by atoms with Crippen molar-refractivity contribution >= 4 is 5.91 Å². The maximum absolute atomic E-state index is 13.8. The molecule has 1 saturated carbocycles. The first-order chi connectivity index (χ1) is 15.8. The van der Waals surface area contributed by atoms with E-state index in [1.54, 1.807) is 12.4 Å². The average Bonchev–Trinajstić information content (AvgIpc) is 3.61. The Balaban J connectivity index is 1.45. The number of nitrogens with zero attached hydrogens (tertiary/aromatic N) is 3. The minimum Gasteiger partial charge on any atom is -0.440 e. The SMILES string of the molecule is O=C(c1nc(-c2ccccc2)oc1C1CC1)N(CCc1ccccc1)Cc1ccncc1. The van der Waals surface area contributed by atoms with E-state index in [-0.39, 0.29) is 11.8 Å². The third-order valence-electron chi connectivity index (χ3n) is 5.75. The Morgan fingerprint density at radius 2 is 1.59 bits per heavy atom. The van der Waals surface area contributed by atoms with Crippen LogP contribution in [0.2, 0.25) is 0 Å². The number of oxazole rings is 1. The fourth-order valence-electron chi connectivity index (χ4n) is 3.83. The van der Waals surface area contributed by atoms with Gasteiger partial charge in [-0.3, -0.25) is 9.78 Å². The summed E-state index contributed by atoms with van der Waals surface area (Å²) in [4.78, 5) is 24.4. The van der Waals surface area contributed by atoms with E-state index in [0.29, 0.717) is 24.7 Å². The van der Waals surface area contributed by atoms with Gasteiger partial charge < -0.3 is 9.32 Å². The van der Waals surface area contributed by atoms with Crippen LogP contribution in [0.15, 0.2) is 89.6 Å². The molecule has 0 saturated heterocycles. The molecule has 0 atom stereocenters. The quantitative estimate of drug-likeness (QED) is 0.375. The smallest absolute Gasteiger partial charge is 0.276 e. The summed E-state index contributed by atoms with van der Waals surface area (Å²) in [5.41, 5.74) is 3.58. The van der Waals surface area contributed by atoms with Crippen molar-refractivity contribution in [1.29, 1.82) is 0 Å². The Morgan fingerprint density at radius 3 is 2.28 bits per heavy atom. The van der Waals surface area contributed by atoms with E-state index in [1.807, 2.05) is 65.6 Å². The van der Waals surface area contributed by atoms with E-state index < -0.39 is 0 Å². The lowest BCUT2D eigenvalue weighted by Gasteiger charge is -2.22. The fraction of sp³-hybridized carbons (Fsp3) is 0.222. The van der Waals surface area contributed by atoms with Gasteiger partial charge in [-0.1, -0.05) is 48.5 Å². The molecule has 1 amide bonds. The zero-order chi connectivity index (χ0) is 21.8. The molecule has 5 nitrogen and oxygen atoms in total. The standard InChI is InChI=1S/C27H25N3O2/c31-27(24-25(22-11-12-22)32-26(29-24)23-9-5-2-6-10-23)30(19-21-13-16-28-17-14-21)18-15-20-7-3-1-4-8-20/h1-10,13-14,16-17,22H,11-12,15,18-19H2. The van der Waals surface area contributed by atoms with Crippen molar-refractivity contribution in [2.45, 2.75) is 31.7 Å². The Labute approximate surface area is 187 Å². The summed E-state index contributed by atoms with van der Waals surface area (Å²) in [6, 6.07) is 23.9. The first-order valence-electron chi connectivity index (χ1n) is 11.1. The van der Waals surface area contributed by atoms with Crippen LogP contribution in [0.25, 0.3) is 11.5 Å². The Kier molecular flexibility index (Phi) is 5.79. The lowest BCUT2D eigenvalue weighted by molar-refractivity contribution is 0.0737. The monoisotopic (exact) mass is 423 g/mol. The molecule has 4 aromatic rings. The molecule has 0 unspecified atom stereocenters. The van der Waals surface area contributed by atoms with Crippen LogP contribution in [-0.4, -0.2) is 27.3 Å². The maximum atomic E-state index is 13.8. The van der Waals surface area contributed by atoms with Gasteiger partial charge in [0.25, 0.3) is 5.91 Å². The molecule has 2 aromatic carbocycles. The van der Waals surface area contributed by atoms with Crippen molar-refractivity contribution in [3.8, 4) is 11.5 Å². The highest BCUT2D eigenvalue weighted by Crippen LogP contribution is 2.43. The number of carbonyl (C=O) groups excluding carboxylic acids is 1. The van der Waals surface area contributed by atoms with Gasteiger partial charge in [-0.2, -0.15) is 0 Å². The van der Waals surface area contributed by atoms with Gasteiger partial charge in [-0.05, 0) is 54.7 Å². The van der Waals surface area contributed by atoms with Gasteiger partial charge >= 0.3 is 0 Å². The van der Waals surface area contributed by atoms with Crippen LogP contribution in [0.5, 0.6) is 0 Å². The van der Waals surface area contributed by atoms with Crippen molar-refractivity contribution in [3.05, 3.63) is 108 Å². The average molecular weight is 424 g/mol. The second kappa shape index (κ2) is 9.18. The Hall–Kier alpha value is -3.73. The number of carbonyl (C=O) groups is 1. The molecule has 1 aliphatic carbocycles. The van der Waals surface area contributed by atoms with Crippen LogP contribution >= 0.6 is 0 Å². The molecule has 32 heavy (non-hydrogen) atoms. The van der Waals surface area contributed by atoms with Crippen molar-refractivity contribution < 1.29 is 9.21 Å². The second-order valence-corrected chi connectivity index (χ2v) is 8.19. The molecule has 160 valence electrons. The normalized spacial score (nSPS) is 13.1. The van der Waals surface area contributed by atoms with Gasteiger partial charge in [0, 0.05) is 37.0 Å². The van der Waals surface area contributed by atoms with E-state index in [0.717, 1.165) is 36.1 Å². The molecular weight excluding hydrogens is 398 g/mol. The molecule has 2 aromatic heterocycles. The molecule has 0 radical (unpaired) electrons. The van der Waals surface area contributed by atoms with E-state index >= 15 is 0 Å². The number of hydrogen-bond acceptors (Lipinski definition) is 4. The molecule has 1 aliphatic rings. The third-order valence-corrected chi connectivity index (χ3v) is 5.75. The summed E-state index contributed by atoms with van der Waals surface area (Å²) in [5, 5.41) is 0. The third kappa shape index (κ3) is 4.62. The van der Waals surface area contributed by atoms with Gasteiger partial charge in [-0.15, -0.1) is 0 Å². The number of hydrogen-bond donors (Lipinski definition) is 0. The highest BCUT2D eigenvalue weighted by atomic mass is 16.4. The fourth-order valence-corrected chi connectivity index (χ4v) is 3.83. The van der Waals surface area contributed by atoms with Crippen LogP contribution in [-0.2, 0) is 13.0 Å². The van der Waals surface area contributed by atoms with E-state index in [1.165, 1.54) is 5.56 Å². The molecular formula is C27H25N3O2. The van der Waals surface area contributed by atoms with Crippen LogP contribution in [0.1, 0.15) is 46.1 Å². The lowest BCUT2D eigenvalue weighted by atomic mass is 10.1. The number of rotatable bonds is 8. The number of benzene rings is 2. The van der Waals surface area contributed by atoms with Crippen molar-refractivity contribution in [2.75, 3.05) is 6.54 Å². The predicted octanol–water partition coefficient (Wildman–Crippen LogP) is 5.50. The van der Waals surface area contributed by atoms with E-state index in [4.69, 9.17) is 4.42 Å². The molecule has 5 rings (SSSR count). The molecule has 5 heteroatoms. The van der Waals surface area contributed by atoms with Crippen LogP contribution in [0, 0.1) is 0 Å². The second-order valence-electron chi connectivity index (χ2n) is 8.19. The van der Waals surface area contributed by atoms with Crippen molar-refractivity contribution in [3.63, 3.8) is 0 Å². The number of aromatic nitrogens is 2. The van der Waals surface area contributed by atoms with E-state index in [9.17, 15) is 4.79 Å². The van der Waals surface area contributed by atoms with Crippen molar-refractivity contribution in [1.82, 2.24) is 14.9 Å². The Bertz CT molecular complexity index is 1170. The summed E-state index contributed by atoms with van der Waals surface area (Å²) >= 11 is 0. The lowest BCUT2D eigenvalue weighted by Crippen LogP contribution is -2.33. The predicted molar refractivity (Wildman–Crippen MR) is 123 cm³/mol. The summed E-state index contributed by atoms with van der Waals surface area (Å²) in [6.07, 6.45) is 6.37. The first-order valence-corrected chi connectivity index (χ1v) is 11.1. The summed E-state index contributed by atoms with van der Waals surface area (Å²) in [7, 11) is 0. The summed E-state index contributed by atoms with van der Waals surface area (Å²) in [5.74, 6) is 1.46. The highest BCUT2D eigenvalue weighted by molar-refractivity contribution is 5.94. The van der Waals surface area contributed by atoms with Gasteiger partial charge in [0.05, 0.1) is 0 Å². The summed E-state index contributed by atoms with van der Waals surface area (Å²) < 4.78 is 6.14. The molecule has 1 fully saturated rings. The Morgan fingerprint density at radius 1 is 0.906 bits per heavy atom. The van der Waals surface area contributed by atoms with E-state index in [2.05, 4.69) is 22.1 Å². The largest absolute Gasteiger partial charge is 0.440 e. The molecule has 0 N–H and O–H groups in total. The van der Waals surface area contributed by atoms with Gasteiger partial charge in [0.1, 0.15) is 5.76 Å². The minimum atomic E-state index is -0.0782. The summed E-state index contributed by atoms with van der Waals surface area (Å²) in [6.45, 7) is 1.11. The van der Waals surface area contributed by atoms with Crippen LogP contribution in [0.4, 0.5) is 0 Å². The minimum absolute atomic E-state index is 0.0782. The maximum Gasteiger partial charge on any atom is 0.276 e. The topological polar surface area (TPSA) is 59.2 Å². The van der Waals surface area contributed by atoms with Crippen LogP contribution in [0.3, 0.4) is 0 Å². The van der Waals surface area contributed by atoms with Crippen molar-refractivity contribution in [2.24, 2.45) is 0 Å². The number of amides is 1. The molecule has 2 heterocycles.